The number of nitrogens with zero attached hydrogens (tertiary/aromatic N) is 1. The number of hydrogen-bond acceptors (Lipinski definition) is 6. The molecule has 10 N–H and O–H groups in total. The molecule has 1 aromatic rings. The van der Waals surface area contributed by atoms with Crippen molar-refractivity contribution >= 4 is 29.7 Å². The third-order valence-electron chi connectivity index (χ3n) is 4.24. The van der Waals surface area contributed by atoms with Gasteiger partial charge < -0.3 is 42.8 Å². The number of hydrogen-bond donors (Lipinski definition) is 6. The van der Waals surface area contributed by atoms with Gasteiger partial charge in [-0.1, -0.05) is 30.3 Å². The van der Waals surface area contributed by atoms with E-state index in [1.807, 2.05) is 30.3 Å². The summed E-state index contributed by atoms with van der Waals surface area (Å²) in [4.78, 5) is 48.4. The monoisotopic (exact) mass is 506 g/mol. The Kier molecular flexibility index (Phi) is 13.4. The second-order valence-corrected chi connectivity index (χ2v) is 7.25. The lowest BCUT2D eigenvalue weighted by Gasteiger charge is -2.19. The van der Waals surface area contributed by atoms with Crippen LogP contribution in [-0.2, 0) is 25.6 Å². The second kappa shape index (κ2) is 15.1. The number of benzene rings is 1. The molecule has 0 aliphatic carbocycles. The summed E-state index contributed by atoms with van der Waals surface area (Å²) in [5.74, 6) is -5.23. The van der Waals surface area contributed by atoms with E-state index >= 15 is 0 Å². The van der Waals surface area contributed by atoms with Gasteiger partial charge in [0.05, 0.1) is 0 Å². The van der Waals surface area contributed by atoms with E-state index < -0.39 is 42.1 Å². The topological polar surface area (TPSA) is 228 Å². The summed E-state index contributed by atoms with van der Waals surface area (Å²) in [6, 6.07) is 6.83. The second-order valence-electron chi connectivity index (χ2n) is 7.25. The molecule has 0 fully saturated rings. The van der Waals surface area contributed by atoms with E-state index in [9.17, 15) is 32.7 Å². The van der Waals surface area contributed by atoms with Crippen molar-refractivity contribution in [2.24, 2.45) is 16.5 Å². The fraction of sp³-hybridized carbons (Fsp3) is 0.450. The Morgan fingerprint density at radius 1 is 1.11 bits per heavy atom. The van der Waals surface area contributed by atoms with Gasteiger partial charge in [0.25, 0.3) is 5.91 Å². The highest BCUT2D eigenvalue weighted by Crippen LogP contribution is 2.11. The number of carbonyl (C=O) groups is 4. The van der Waals surface area contributed by atoms with Crippen molar-refractivity contribution in [1.82, 2.24) is 10.6 Å². The van der Waals surface area contributed by atoms with Crippen LogP contribution in [0.5, 0.6) is 0 Å². The standard InChI is InChI=1S/C18H28N6O4.C2HF3O2/c1-11(23-16(26)13(19)10-12-6-3-2-4-7-12)15(25)24-14(17(27)28)8-5-9-22-18(20)21;3-2(4,5)1(6)7/h2-4,6-7,11,13-14H,5,8-10,19H2,1H3,(H,23,26)(H,24,25)(H,27,28)(H4,20,21,22);(H,6,7)/t11-,13-,14-;/m1./s1. The maximum absolute atomic E-state index is 12.2. The van der Waals surface area contributed by atoms with Crippen LogP contribution in [0.4, 0.5) is 13.2 Å². The molecule has 35 heavy (non-hydrogen) atoms. The van der Waals surface area contributed by atoms with Crippen LogP contribution in [0, 0.1) is 0 Å². The summed E-state index contributed by atoms with van der Waals surface area (Å²) in [6.45, 7) is 1.75. The SMILES string of the molecule is C[C@@H](NC(=O)[C@H]([NH3+])Cc1ccccc1)C(=O)N[C@H](CCCN=C(N)N)C(=O)O.O=C([O-])C(F)(F)F. The number of quaternary nitrogens is 1. The molecule has 1 rings (SSSR count). The average Bonchev–Trinajstić information content (AvgIpc) is 2.75. The van der Waals surface area contributed by atoms with E-state index in [4.69, 9.17) is 21.4 Å². The summed E-state index contributed by atoms with van der Waals surface area (Å²) in [7, 11) is 0. The first-order valence-electron chi connectivity index (χ1n) is 10.2. The molecular formula is C20H29F3N6O6. The Morgan fingerprint density at radius 2 is 1.66 bits per heavy atom. The Morgan fingerprint density at radius 3 is 2.11 bits per heavy atom. The summed E-state index contributed by atoms with van der Waals surface area (Å²) in [5, 5.41) is 23.0. The zero-order valence-corrected chi connectivity index (χ0v) is 18.9. The molecular weight excluding hydrogens is 477 g/mol. The van der Waals surface area contributed by atoms with Crippen LogP contribution in [0.3, 0.4) is 0 Å². The molecule has 0 radical (unpaired) electrons. The molecule has 3 atom stereocenters. The molecule has 0 unspecified atom stereocenters. The molecule has 0 aliphatic heterocycles. The number of carboxylic acid groups (broad SMARTS) is 2. The third kappa shape index (κ3) is 14.1. The van der Waals surface area contributed by atoms with Crippen molar-refractivity contribution < 1.29 is 48.3 Å². The molecule has 1 aromatic carbocycles. The van der Waals surface area contributed by atoms with Crippen molar-refractivity contribution in [3.63, 3.8) is 0 Å². The highest BCUT2D eigenvalue weighted by atomic mass is 19.4. The zero-order chi connectivity index (χ0) is 27.2. The van der Waals surface area contributed by atoms with E-state index in [0.717, 1.165) is 5.56 Å². The van der Waals surface area contributed by atoms with Crippen LogP contribution < -0.4 is 32.9 Å². The molecule has 2 amide bonds. The summed E-state index contributed by atoms with van der Waals surface area (Å²) < 4.78 is 31.5. The number of nitrogens with two attached hydrogens (primary N) is 2. The van der Waals surface area contributed by atoms with Crippen LogP contribution in [0.2, 0.25) is 0 Å². The van der Waals surface area contributed by atoms with Crippen molar-refractivity contribution in [1.29, 1.82) is 0 Å². The Bertz CT molecular complexity index is 878. The fourth-order valence-corrected chi connectivity index (χ4v) is 2.45. The van der Waals surface area contributed by atoms with E-state index in [1.165, 1.54) is 6.92 Å². The van der Waals surface area contributed by atoms with Gasteiger partial charge in [-0.15, -0.1) is 0 Å². The number of carbonyl (C=O) groups excluding carboxylic acids is 3. The quantitative estimate of drug-likeness (QED) is 0.105. The maximum Gasteiger partial charge on any atom is 0.430 e. The van der Waals surface area contributed by atoms with E-state index in [1.54, 1.807) is 0 Å². The number of amides is 2. The van der Waals surface area contributed by atoms with Crippen molar-refractivity contribution in [2.75, 3.05) is 6.54 Å². The molecule has 0 aromatic heterocycles. The van der Waals surface area contributed by atoms with Gasteiger partial charge in [-0.3, -0.25) is 14.6 Å². The third-order valence-corrected chi connectivity index (χ3v) is 4.24. The fourth-order valence-electron chi connectivity index (χ4n) is 2.45. The number of aliphatic carboxylic acids is 2. The lowest BCUT2D eigenvalue weighted by Crippen LogP contribution is -2.69. The van der Waals surface area contributed by atoms with Crippen molar-refractivity contribution in [2.45, 2.75) is 50.5 Å². The Balaban J connectivity index is 0.00000143. The van der Waals surface area contributed by atoms with Crippen molar-refractivity contribution in [3.8, 4) is 0 Å². The number of rotatable bonds is 11. The molecule has 0 aliphatic rings. The lowest BCUT2D eigenvalue weighted by molar-refractivity contribution is -0.403. The van der Waals surface area contributed by atoms with Gasteiger partial charge in [-0.05, 0) is 25.3 Å². The van der Waals surface area contributed by atoms with Crippen molar-refractivity contribution in [3.05, 3.63) is 35.9 Å². The van der Waals surface area contributed by atoms with E-state index in [2.05, 4.69) is 21.4 Å². The minimum atomic E-state index is -5.19. The molecule has 12 nitrogen and oxygen atoms in total. The van der Waals surface area contributed by atoms with Gasteiger partial charge in [0.15, 0.2) is 12.0 Å². The number of carboxylic acids is 2. The van der Waals surface area contributed by atoms with Gasteiger partial charge in [-0.2, -0.15) is 13.2 Å². The average molecular weight is 506 g/mol. The zero-order valence-electron chi connectivity index (χ0n) is 18.9. The van der Waals surface area contributed by atoms with Crippen LogP contribution in [0.1, 0.15) is 25.3 Å². The highest BCUT2D eigenvalue weighted by Gasteiger charge is 2.29. The first kappa shape index (κ1) is 31.1. The Hall–Kier alpha value is -3.88. The maximum atomic E-state index is 12.2. The van der Waals surface area contributed by atoms with Gasteiger partial charge in [-0.25, -0.2) is 4.79 Å². The van der Waals surface area contributed by atoms with Crippen LogP contribution in [-0.4, -0.2) is 65.7 Å². The smallest absolute Gasteiger partial charge is 0.430 e. The summed E-state index contributed by atoms with van der Waals surface area (Å²) >= 11 is 0. The first-order chi connectivity index (χ1) is 16.1. The van der Waals surface area contributed by atoms with Crippen LogP contribution in [0.25, 0.3) is 0 Å². The normalized spacial score (nSPS) is 13.2. The number of guanidine groups is 1. The van der Waals surface area contributed by atoms with Crippen LogP contribution in [0.15, 0.2) is 35.3 Å². The van der Waals surface area contributed by atoms with Gasteiger partial charge in [0.2, 0.25) is 5.91 Å². The van der Waals surface area contributed by atoms with Gasteiger partial charge >= 0.3 is 12.1 Å². The molecule has 0 heterocycles. The number of nitrogens with one attached hydrogen (secondary N) is 2. The van der Waals surface area contributed by atoms with E-state index in [-0.39, 0.29) is 24.8 Å². The molecule has 0 spiro atoms. The molecule has 0 bridgehead atoms. The first-order valence-corrected chi connectivity index (χ1v) is 10.2. The summed E-state index contributed by atoms with van der Waals surface area (Å²) in [5.41, 5.74) is 15.2. The minimum absolute atomic E-state index is 0.0783. The molecule has 0 saturated heterocycles. The van der Waals surface area contributed by atoms with E-state index in [0.29, 0.717) is 12.8 Å². The lowest BCUT2D eigenvalue weighted by atomic mass is 10.1. The highest BCUT2D eigenvalue weighted by molar-refractivity contribution is 5.91. The van der Waals surface area contributed by atoms with Gasteiger partial charge in [0, 0.05) is 13.0 Å². The predicted octanol–water partition coefficient (Wildman–Crippen LogP) is -2.73. The summed E-state index contributed by atoms with van der Waals surface area (Å²) in [6.07, 6.45) is -4.22. The number of halogens is 3. The molecule has 196 valence electrons. The number of alkyl halides is 3. The Labute approximate surface area is 198 Å². The number of aliphatic imine (C=N–C) groups is 1. The molecule has 15 heteroatoms. The largest absolute Gasteiger partial charge is 0.542 e. The molecule has 0 saturated carbocycles. The predicted molar refractivity (Wildman–Crippen MR) is 115 cm³/mol. The van der Waals surface area contributed by atoms with Crippen LogP contribution >= 0.6 is 0 Å². The van der Waals surface area contributed by atoms with Gasteiger partial charge in [0.1, 0.15) is 18.1 Å². The minimum Gasteiger partial charge on any atom is -0.542 e.